The third kappa shape index (κ3) is 4.83. The second-order valence-corrected chi connectivity index (χ2v) is 12.4. The standard InChI is InChI=1S/C28H37FN5P/c1-18-26(33(5)32-31-18)21-14-24-25(30-15-21)23(20-6-8-22(9-7-20)27(2,3)4)17-34(24)16-19-10-12-28(29,35)13-11-19/h6-9,14-15,17,19,31-32H,10-13,16,35H2,1-5H3. The van der Waals surface area contributed by atoms with Gasteiger partial charge in [-0.05, 0) is 61.1 Å². The van der Waals surface area contributed by atoms with Crippen molar-refractivity contribution in [3.05, 3.63) is 59.5 Å². The highest BCUT2D eigenvalue weighted by atomic mass is 31.0. The summed E-state index contributed by atoms with van der Waals surface area (Å²) in [5, 5.41) is 0.888. The zero-order valence-electron chi connectivity index (χ0n) is 21.5. The number of halogens is 1. The molecule has 3 heterocycles. The van der Waals surface area contributed by atoms with Crippen LogP contribution in [0.3, 0.4) is 0 Å². The number of aromatic nitrogens is 2. The van der Waals surface area contributed by atoms with Gasteiger partial charge in [-0.1, -0.05) is 54.3 Å². The highest BCUT2D eigenvalue weighted by Gasteiger charge is 2.31. The van der Waals surface area contributed by atoms with Gasteiger partial charge in [0.15, 0.2) is 0 Å². The summed E-state index contributed by atoms with van der Waals surface area (Å²) in [4.78, 5) is 4.98. The maximum atomic E-state index is 14.4. The number of allylic oxidation sites excluding steroid dienone is 1. The SMILES string of the molecule is CC1=C(c2cnc3c(-c4ccc(C(C)(C)C)cc4)cn(CC4CCC(F)(P)CC4)c3c2)N(C)NN1. The number of nitrogens with one attached hydrogen (secondary N) is 2. The Morgan fingerprint density at radius 3 is 2.43 bits per heavy atom. The first-order valence-electron chi connectivity index (χ1n) is 12.6. The molecular weight excluding hydrogens is 456 g/mol. The molecule has 0 spiro atoms. The lowest BCUT2D eigenvalue weighted by molar-refractivity contribution is 0.165. The van der Waals surface area contributed by atoms with Gasteiger partial charge >= 0.3 is 0 Å². The Bertz CT molecular complexity index is 1260. The van der Waals surface area contributed by atoms with Crippen molar-refractivity contribution < 1.29 is 4.39 Å². The zero-order chi connectivity index (χ0) is 25.0. The number of nitrogens with zero attached hydrogens (tertiary/aromatic N) is 3. The summed E-state index contributed by atoms with van der Waals surface area (Å²) in [6, 6.07) is 11.1. The highest BCUT2D eigenvalue weighted by Crippen LogP contribution is 2.41. The Morgan fingerprint density at radius 1 is 1.14 bits per heavy atom. The number of hydrazine groups is 2. The molecule has 0 radical (unpaired) electrons. The maximum absolute atomic E-state index is 14.4. The Kier molecular flexibility index (Phi) is 6.17. The molecular formula is C28H37FN5P. The van der Waals surface area contributed by atoms with Gasteiger partial charge in [-0.15, -0.1) is 5.53 Å². The molecule has 0 bridgehead atoms. The smallest absolute Gasteiger partial charge is 0.123 e. The van der Waals surface area contributed by atoms with Crippen LogP contribution in [0.5, 0.6) is 0 Å². The Morgan fingerprint density at radius 2 is 1.83 bits per heavy atom. The van der Waals surface area contributed by atoms with Crippen LogP contribution < -0.4 is 11.0 Å². The summed E-state index contributed by atoms with van der Waals surface area (Å²) >= 11 is 0. The van der Waals surface area contributed by atoms with Crippen molar-refractivity contribution in [3.63, 3.8) is 0 Å². The maximum Gasteiger partial charge on any atom is 0.123 e. The molecule has 0 saturated heterocycles. The number of rotatable bonds is 4. The van der Waals surface area contributed by atoms with Crippen molar-refractivity contribution >= 4 is 26.0 Å². The molecule has 5 nitrogen and oxygen atoms in total. The van der Waals surface area contributed by atoms with Gasteiger partial charge < -0.3 is 9.99 Å². The first-order chi connectivity index (χ1) is 16.5. The van der Waals surface area contributed by atoms with Crippen molar-refractivity contribution in [2.24, 2.45) is 5.92 Å². The summed E-state index contributed by atoms with van der Waals surface area (Å²) in [5.41, 5.74) is 15.5. The number of benzene rings is 1. The molecule has 7 heteroatoms. The van der Waals surface area contributed by atoms with Crippen molar-refractivity contribution in [1.29, 1.82) is 0 Å². The van der Waals surface area contributed by atoms with E-state index in [9.17, 15) is 4.39 Å². The first-order valence-corrected chi connectivity index (χ1v) is 13.1. The van der Waals surface area contributed by atoms with E-state index in [1.165, 1.54) is 11.1 Å². The van der Waals surface area contributed by atoms with Crippen molar-refractivity contribution in [2.75, 3.05) is 7.05 Å². The molecule has 1 unspecified atom stereocenters. The van der Waals surface area contributed by atoms with Gasteiger partial charge in [0.2, 0.25) is 0 Å². The van der Waals surface area contributed by atoms with Crippen molar-refractivity contribution in [2.45, 2.75) is 70.7 Å². The number of hydrogen-bond acceptors (Lipinski definition) is 4. The fraction of sp³-hybridized carbons (Fsp3) is 0.464. The van der Waals surface area contributed by atoms with Crippen LogP contribution in [0.2, 0.25) is 0 Å². The predicted molar refractivity (Wildman–Crippen MR) is 146 cm³/mol. The second-order valence-electron chi connectivity index (χ2n) is 11.4. The highest BCUT2D eigenvalue weighted by molar-refractivity contribution is 7.18. The van der Waals surface area contributed by atoms with E-state index in [0.29, 0.717) is 18.8 Å². The van der Waals surface area contributed by atoms with E-state index in [1.807, 2.05) is 18.3 Å². The number of pyridine rings is 1. The minimum atomic E-state index is -1.10. The monoisotopic (exact) mass is 493 g/mol. The molecule has 1 aromatic carbocycles. The lowest BCUT2D eigenvalue weighted by Gasteiger charge is -2.31. The average molecular weight is 494 g/mol. The van der Waals surface area contributed by atoms with E-state index in [-0.39, 0.29) is 5.41 Å². The van der Waals surface area contributed by atoms with E-state index < -0.39 is 5.41 Å². The molecule has 1 atom stereocenters. The summed E-state index contributed by atoms with van der Waals surface area (Å²) in [5.74, 6) is 0.466. The van der Waals surface area contributed by atoms with E-state index in [2.05, 4.69) is 89.0 Å². The normalized spacial score (nSPS) is 23.3. The summed E-state index contributed by atoms with van der Waals surface area (Å²) in [7, 11) is 4.42. The third-order valence-electron chi connectivity index (χ3n) is 7.55. The van der Waals surface area contributed by atoms with E-state index >= 15 is 0 Å². The van der Waals surface area contributed by atoms with Crippen LogP contribution in [0.25, 0.3) is 27.9 Å². The molecule has 2 aromatic heterocycles. The van der Waals surface area contributed by atoms with Gasteiger partial charge in [-0.3, -0.25) is 9.99 Å². The largest absolute Gasteiger partial charge is 0.345 e. The molecule has 1 fully saturated rings. The van der Waals surface area contributed by atoms with Crippen LogP contribution in [0.4, 0.5) is 4.39 Å². The Labute approximate surface area is 210 Å². The van der Waals surface area contributed by atoms with E-state index in [4.69, 9.17) is 4.98 Å². The molecule has 1 aliphatic carbocycles. The fourth-order valence-corrected chi connectivity index (χ4v) is 5.70. The van der Waals surface area contributed by atoms with Gasteiger partial charge in [0.05, 0.1) is 22.4 Å². The first kappa shape index (κ1) is 24.3. The fourth-order valence-electron chi connectivity index (χ4n) is 5.37. The van der Waals surface area contributed by atoms with Gasteiger partial charge in [0.1, 0.15) is 5.41 Å². The van der Waals surface area contributed by atoms with Crippen LogP contribution in [0.1, 0.15) is 64.5 Å². The summed E-state index contributed by atoms with van der Waals surface area (Å²) < 4.78 is 16.8. The zero-order valence-corrected chi connectivity index (χ0v) is 22.6. The number of hydrogen-bond donors (Lipinski definition) is 2. The van der Waals surface area contributed by atoms with Gasteiger partial charge in [0, 0.05) is 37.1 Å². The Balaban J connectivity index is 1.57. The van der Waals surface area contributed by atoms with Crippen LogP contribution >= 0.6 is 9.24 Å². The molecule has 1 saturated carbocycles. The molecule has 1 aliphatic heterocycles. The van der Waals surface area contributed by atoms with Crippen molar-refractivity contribution in [3.8, 4) is 11.1 Å². The van der Waals surface area contributed by atoms with Gasteiger partial charge in [0.25, 0.3) is 0 Å². The quantitative estimate of drug-likeness (QED) is 0.414. The molecule has 0 amide bonds. The molecule has 2 aliphatic rings. The van der Waals surface area contributed by atoms with Gasteiger partial charge in [-0.25, -0.2) is 4.39 Å². The summed E-state index contributed by atoms with van der Waals surface area (Å²) in [6.45, 7) is 9.66. The van der Waals surface area contributed by atoms with Crippen molar-refractivity contribution in [1.82, 2.24) is 25.5 Å². The van der Waals surface area contributed by atoms with Crippen LogP contribution in [0, 0.1) is 5.92 Å². The predicted octanol–water partition coefficient (Wildman–Crippen LogP) is 6.38. The molecule has 35 heavy (non-hydrogen) atoms. The van der Waals surface area contributed by atoms with Crippen LogP contribution in [-0.2, 0) is 12.0 Å². The minimum absolute atomic E-state index is 0.116. The van der Waals surface area contributed by atoms with Gasteiger partial charge in [-0.2, -0.15) is 0 Å². The summed E-state index contributed by atoms with van der Waals surface area (Å²) in [6.07, 6.45) is 7.25. The van der Waals surface area contributed by atoms with E-state index in [0.717, 1.165) is 52.9 Å². The molecule has 5 rings (SSSR count). The van der Waals surface area contributed by atoms with Crippen LogP contribution in [-0.4, -0.2) is 27.0 Å². The average Bonchev–Trinajstić information content (AvgIpc) is 3.33. The minimum Gasteiger partial charge on any atom is -0.345 e. The van der Waals surface area contributed by atoms with Crippen LogP contribution in [0.15, 0.2) is 48.4 Å². The molecule has 3 aromatic rings. The lowest BCUT2D eigenvalue weighted by atomic mass is 9.86. The molecule has 186 valence electrons. The third-order valence-corrected chi connectivity index (χ3v) is 8.12. The van der Waals surface area contributed by atoms with E-state index in [1.54, 1.807) is 0 Å². The lowest BCUT2D eigenvalue weighted by Crippen LogP contribution is -2.34. The number of alkyl halides is 1. The Hall–Kier alpha value is -2.43. The number of fused-ring (bicyclic) bond motifs is 1. The molecule has 2 N–H and O–H groups in total. The topological polar surface area (TPSA) is 45.1 Å². The second kappa shape index (κ2) is 8.90.